The molecule has 0 saturated carbocycles. The molecule has 116 valence electrons. The van der Waals surface area contributed by atoms with Gasteiger partial charge in [-0.05, 0) is 18.3 Å². The molecule has 23 heavy (non-hydrogen) atoms. The van der Waals surface area contributed by atoms with Crippen molar-refractivity contribution in [1.29, 1.82) is 15.8 Å². The number of likely N-dealkylation sites (tertiary alicyclic amines) is 1. The second-order valence-electron chi connectivity index (χ2n) is 6.88. The molecular weight excluding hydrogens is 286 g/mol. The lowest BCUT2D eigenvalue weighted by Crippen LogP contribution is -2.38. The van der Waals surface area contributed by atoms with Gasteiger partial charge in [0.05, 0.1) is 5.57 Å². The largest absolute Gasteiger partial charge is 0.373 e. The van der Waals surface area contributed by atoms with Crippen LogP contribution in [-0.2, 0) is 0 Å². The van der Waals surface area contributed by atoms with Gasteiger partial charge in [0.2, 0.25) is 6.04 Å². The lowest BCUT2D eigenvalue weighted by molar-refractivity contribution is 0.228. The Labute approximate surface area is 137 Å². The molecule has 0 amide bonds. The van der Waals surface area contributed by atoms with Crippen LogP contribution in [0.4, 0.5) is 0 Å². The van der Waals surface area contributed by atoms with Crippen LogP contribution in [0.5, 0.6) is 0 Å². The molecule has 0 unspecified atom stereocenters. The van der Waals surface area contributed by atoms with E-state index in [0.29, 0.717) is 17.6 Å². The normalized spacial score (nSPS) is 21.0. The molecule has 1 saturated heterocycles. The Kier molecular flexibility index (Phi) is 4.74. The molecule has 1 heterocycles. The fourth-order valence-corrected chi connectivity index (χ4v) is 3.39. The fourth-order valence-electron chi connectivity index (χ4n) is 3.39. The van der Waals surface area contributed by atoms with E-state index < -0.39 is 0 Å². The van der Waals surface area contributed by atoms with Gasteiger partial charge in [0.25, 0.3) is 0 Å². The summed E-state index contributed by atoms with van der Waals surface area (Å²) in [5.74, 6) is 0. The van der Waals surface area contributed by atoms with Crippen LogP contribution in [0.15, 0.2) is 22.4 Å². The minimum absolute atomic E-state index is 0.0443. The topological polar surface area (TPSA) is 79.0 Å². The Hall–Kier alpha value is -2.76. The molecule has 2 aliphatic rings. The zero-order valence-corrected chi connectivity index (χ0v) is 13.6. The highest BCUT2D eigenvalue weighted by atomic mass is 15.2. The summed E-state index contributed by atoms with van der Waals surface area (Å²) in [7, 11) is 0. The van der Waals surface area contributed by atoms with Crippen LogP contribution in [0, 0.1) is 46.0 Å². The molecule has 1 aliphatic carbocycles. The molecule has 0 radical (unpaired) electrons. The number of piperidine rings is 1. The van der Waals surface area contributed by atoms with Crippen molar-refractivity contribution < 1.29 is 0 Å². The highest BCUT2D eigenvalue weighted by Gasteiger charge is 2.36. The van der Waals surface area contributed by atoms with Gasteiger partial charge in [-0.15, -0.1) is 0 Å². The Morgan fingerprint density at radius 3 is 2.26 bits per heavy atom. The molecule has 5 nitrogen and oxygen atoms in total. The molecule has 1 aliphatic heterocycles. The lowest BCUT2D eigenvalue weighted by atomic mass is 9.72. The maximum absolute atomic E-state index is 9.63. The predicted octanol–water partition coefficient (Wildman–Crippen LogP) is 3.31. The van der Waals surface area contributed by atoms with E-state index in [9.17, 15) is 15.8 Å². The maximum atomic E-state index is 9.63. The van der Waals surface area contributed by atoms with E-state index in [1.54, 1.807) is 0 Å². The van der Waals surface area contributed by atoms with Gasteiger partial charge in [0.15, 0.2) is 0 Å². The van der Waals surface area contributed by atoms with Crippen LogP contribution in [0.3, 0.4) is 0 Å². The maximum Gasteiger partial charge on any atom is 0.227 e. The standard InChI is InChI=1S/C18H19N5/c1-18(2)8-15(13(10-19)11-20)16(12-21)17(9-18)23-6-4-14(22-3)5-7-23/h14H,4-9H2,1-2H3. The van der Waals surface area contributed by atoms with E-state index in [1.807, 2.05) is 12.1 Å². The number of allylic oxidation sites excluding steroid dienone is 4. The summed E-state index contributed by atoms with van der Waals surface area (Å²) < 4.78 is 0. The summed E-state index contributed by atoms with van der Waals surface area (Å²) >= 11 is 0. The Morgan fingerprint density at radius 1 is 1.17 bits per heavy atom. The Balaban J connectivity index is 2.49. The van der Waals surface area contributed by atoms with Crippen LogP contribution in [0.25, 0.3) is 4.85 Å². The molecule has 0 atom stereocenters. The first-order valence-electron chi connectivity index (χ1n) is 7.74. The SMILES string of the molecule is [C-]#[N+]C1CCN(C2=C(C#N)C(=C(C#N)C#N)CC(C)(C)C2)CC1. The zero-order valence-electron chi connectivity index (χ0n) is 13.6. The first kappa shape index (κ1) is 16.6. The van der Waals surface area contributed by atoms with E-state index >= 15 is 0 Å². The fraction of sp³-hybridized carbons (Fsp3) is 0.556. The summed E-state index contributed by atoms with van der Waals surface area (Å²) in [5.41, 5.74) is 1.95. The molecule has 0 aromatic rings. The van der Waals surface area contributed by atoms with Gasteiger partial charge < -0.3 is 9.74 Å². The molecule has 0 spiro atoms. The van der Waals surface area contributed by atoms with Crippen molar-refractivity contribution >= 4 is 0 Å². The zero-order chi connectivity index (χ0) is 17.0. The highest BCUT2D eigenvalue weighted by Crippen LogP contribution is 2.44. The predicted molar refractivity (Wildman–Crippen MR) is 85.1 cm³/mol. The minimum atomic E-state index is -0.0966. The third-order valence-corrected chi connectivity index (χ3v) is 4.56. The van der Waals surface area contributed by atoms with Gasteiger partial charge in [0, 0.05) is 37.2 Å². The van der Waals surface area contributed by atoms with Gasteiger partial charge in [-0.1, -0.05) is 13.8 Å². The van der Waals surface area contributed by atoms with Crippen LogP contribution >= 0.6 is 0 Å². The second-order valence-corrected chi connectivity index (χ2v) is 6.88. The molecule has 5 heteroatoms. The lowest BCUT2D eigenvalue weighted by Gasteiger charge is -2.40. The molecule has 1 fully saturated rings. The van der Waals surface area contributed by atoms with Gasteiger partial charge >= 0.3 is 0 Å². The summed E-state index contributed by atoms with van der Waals surface area (Å²) in [5, 5.41) is 28.1. The summed E-state index contributed by atoms with van der Waals surface area (Å²) in [4.78, 5) is 5.79. The molecule has 2 rings (SSSR count). The Morgan fingerprint density at radius 2 is 1.78 bits per heavy atom. The van der Waals surface area contributed by atoms with Crippen LogP contribution < -0.4 is 0 Å². The smallest absolute Gasteiger partial charge is 0.227 e. The third-order valence-electron chi connectivity index (χ3n) is 4.56. The van der Waals surface area contributed by atoms with Gasteiger partial charge in [-0.2, -0.15) is 15.8 Å². The molecule has 0 aromatic carbocycles. The molecule has 0 N–H and O–H groups in total. The molecule has 0 bridgehead atoms. The first-order valence-corrected chi connectivity index (χ1v) is 7.74. The van der Waals surface area contributed by atoms with Gasteiger partial charge in [-0.3, -0.25) is 0 Å². The van der Waals surface area contributed by atoms with E-state index in [1.165, 1.54) is 0 Å². The number of hydrogen-bond donors (Lipinski definition) is 0. The molecule has 0 aromatic heterocycles. The number of rotatable bonds is 1. The number of nitriles is 3. The van der Waals surface area contributed by atoms with Crippen molar-refractivity contribution in [2.45, 2.75) is 45.6 Å². The average Bonchev–Trinajstić information content (AvgIpc) is 2.55. The van der Waals surface area contributed by atoms with Crippen LogP contribution in [0.1, 0.15) is 39.5 Å². The average molecular weight is 305 g/mol. The number of hydrogen-bond acceptors (Lipinski definition) is 4. The first-order chi connectivity index (χ1) is 11.0. The van der Waals surface area contributed by atoms with Gasteiger partial charge in [-0.25, -0.2) is 6.57 Å². The number of nitrogens with zero attached hydrogens (tertiary/aromatic N) is 5. The monoisotopic (exact) mass is 305 g/mol. The second kappa shape index (κ2) is 6.56. The minimum Gasteiger partial charge on any atom is -0.373 e. The van der Waals surface area contributed by atoms with Crippen molar-refractivity contribution in [3.05, 3.63) is 33.8 Å². The van der Waals surface area contributed by atoms with E-state index in [2.05, 4.69) is 29.7 Å². The quantitative estimate of drug-likeness (QED) is 0.550. The van der Waals surface area contributed by atoms with Crippen molar-refractivity contribution in [1.82, 2.24) is 4.90 Å². The summed E-state index contributed by atoms with van der Waals surface area (Å²) in [6.07, 6.45) is 2.92. The van der Waals surface area contributed by atoms with E-state index in [0.717, 1.165) is 38.0 Å². The summed E-state index contributed by atoms with van der Waals surface area (Å²) in [6, 6.07) is 6.17. The van der Waals surface area contributed by atoms with Crippen LogP contribution in [0.2, 0.25) is 0 Å². The third kappa shape index (κ3) is 3.36. The van der Waals surface area contributed by atoms with Crippen molar-refractivity contribution in [2.24, 2.45) is 5.41 Å². The summed E-state index contributed by atoms with van der Waals surface area (Å²) in [6.45, 7) is 12.9. The van der Waals surface area contributed by atoms with E-state index in [4.69, 9.17) is 6.57 Å². The van der Waals surface area contributed by atoms with Crippen LogP contribution in [-0.4, -0.2) is 24.0 Å². The van der Waals surface area contributed by atoms with Gasteiger partial charge in [0.1, 0.15) is 23.8 Å². The highest BCUT2D eigenvalue weighted by molar-refractivity contribution is 5.57. The Bertz CT molecular complexity index is 703. The van der Waals surface area contributed by atoms with Crippen molar-refractivity contribution in [2.75, 3.05) is 13.1 Å². The van der Waals surface area contributed by atoms with Crippen molar-refractivity contribution in [3.63, 3.8) is 0 Å². The van der Waals surface area contributed by atoms with E-state index in [-0.39, 0.29) is 17.0 Å². The van der Waals surface area contributed by atoms with Crippen molar-refractivity contribution in [3.8, 4) is 18.2 Å². The molecular formula is C18H19N5.